The molecule has 2 aliphatic rings. The number of rotatable bonds is 6. The Morgan fingerprint density at radius 1 is 1.32 bits per heavy atom. The van der Waals surface area contributed by atoms with Gasteiger partial charge in [-0.2, -0.15) is 0 Å². The molecule has 0 amide bonds. The van der Waals surface area contributed by atoms with E-state index in [1.807, 2.05) is 0 Å². The summed E-state index contributed by atoms with van der Waals surface area (Å²) >= 11 is 0. The number of likely N-dealkylation sites (tertiary alicyclic amines) is 1. The Labute approximate surface area is 118 Å². The topological polar surface area (TPSA) is 38.5 Å². The van der Waals surface area contributed by atoms with Crippen LogP contribution in [0.15, 0.2) is 0 Å². The van der Waals surface area contributed by atoms with Crippen molar-refractivity contribution in [2.24, 2.45) is 11.7 Å². The lowest BCUT2D eigenvalue weighted by Crippen LogP contribution is -2.57. The zero-order valence-corrected chi connectivity index (χ0v) is 12.9. The highest BCUT2D eigenvalue weighted by Crippen LogP contribution is 2.41. The minimum absolute atomic E-state index is 0.287. The molecule has 0 aromatic rings. The minimum Gasteiger partial charge on any atom is -0.377 e. The van der Waals surface area contributed by atoms with E-state index in [1.54, 1.807) is 0 Å². The molecule has 2 fully saturated rings. The van der Waals surface area contributed by atoms with Gasteiger partial charge in [-0.05, 0) is 51.0 Å². The fraction of sp³-hybridized carbons (Fsp3) is 1.00. The van der Waals surface area contributed by atoms with Gasteiger partial charge in [0, 0.05) is 25.2 Å². The van der Waals surface area contributed by atoms with E-state index in [4.69, 9.17) is 10.5 Å². The van der Waals surface area contributed by atoms with Crippen LogP contribution in [0.3, 0.4) is 0 Å². The lowest BCUT2D eigenvalue weighted by atomic mass is 9.90. The summed E-state index contributed by atoms with van der Waals surface area (Å²) in [7, 11) is 0. The largest absolute Gasteiger partial charge is 0.377 e. The highest BCUT2D eigenvalue weighted by atomic mass is 16.5. The van der Waals surface area contributed by atoms with Gasteiger partial charge in [0.1, 0.15) is 0 Å². The van der Waals surface area contributed by atoms with Crippen molar-refractivity contribution in [2.75, 3.05) is 26.2 Å². The summed E-state index contributed by atoms with van der Waals surface area (Å²) in [4.78, 5) is 2.67. The van der Waals surface area contributed by atoms with Crippen molar-refractivity contribution in [3.63, 3.8) is 0 Å². The van der Waals surface area contributed by atoms with E-state index >= 15 is 0 Å². The fourth-order valence-corrected chi connectivity index (χ4v) is 3.95. The van der Waals surface area contributed by atoms with Crippen LogP contribution in [0.2, 0.25) is 0 Å². The molecule has 1 heterocycles. The maximum absolute atomic E-state index is 6.18. The zero-order chi connectivity index (χ0) is 13.7. The van der Waals surface area contributed by atoms with Gasteiger partial charge in [0.15, 0.2) is 0 Å². The van der Waals surface area contributed by atoms with Crippen molar-refractivity contribution in [1.29, 1.82) is 0 Å². The Morgan fingerprint density at radius 2 is 2.16 bits per heavy atom. The van der Waals surface area contributed by atoms with Crippen molar-refractivity contribution in [3.05, 3.63) is 0 Å². The molecular weight excluding hydrogens is 236 g/mol. The Bertz CT molecular complexity index is 271. The molecule has 0 aromatic carbocycles. The normalized spacial score (nSPS) is 36.8. The van der Waals surface area contributed by atoms with Crippen LogP contribution < -0.4 is 5.73 Å². The summed E-state index contributed by atoms with van der Waals surface area (Å²) in [6.07, 6.45) is 9.34. The van der Waals surface area contributed by atoms with Crippen LogP contribution in [-0.4, -0.2) is 42.8 Å². The van der Waals surface area contributed by atoms with Gasteiger partial charge in [0.05, 0.1) is 6.10 Å². The van der Waals surface area contributed by atoms with Crippen molar-refractivity contribution in [2.45, 2.75) is 70.4 Å². The zero-order valence-electron chi connectivity index (χ0n) is 12.9. The quantitative estimate of drug-likeness (QED) is 0.805. The van der Waals surface area contributed by atoms with Gasteiger partial charge in [0.25, 0.3) is 0 Å². The molecule has 0 aromatic heterocycles. The maximum Gasteiger partial charge on any atom is 0.0702 e. The van der Waals surface area contributed by atoms with E-state index in [0.717, 1.165) is 32.0 Å². The van der Waals surface area contributed by atoms with E-state index in [0.29, 0.717) is 6.10 Å². The van der Waals surface area contributed by atoms with Gasteiger partial charge in [-0.25, -0.2) is 0 Å². The molecule has 1 saturated carbocycles. The number of hydrogen-bond donors (Lipinski definition) is 1. The smallest absolute Gasteiger partial charge is 0.0702 e. The van der Waals surface area contributed by atoms with Crippen LogP contribution in [0, 0.1) is 5.92 Å². The standard InChI is InChI=1S/C16H32N2O/c1-3-10-19-15-6-5-9-18(12-15)16(13-17)8-7-14(4-2)11-16/h14-15H,3-13,17H2,1-2H3. The van der Waals surface area contributed by atoms with E-state index < -0.39 is 0 Å². The van der Waals surface area contributed by atoms with E-state index in [2.05, 4.69) is 18.7 Å². The molecule has 0 radical (unpaired) electrons. The van der Waals surface area contributed by atoms with Crippen molar-refractivity contribution < 1.29 is 4.74 Å². The molecule has 3 atom stereocenters. The third kappa shape index (κ3) is 3.50. The van der Waals surface area contributed by atoms with Crippen molar-refractivity contribution in [3.8, 4) is 0 Å². The average molecular weight is 268 g/mol. The molecule has 2 rings (SSSR count). The third-order valence-corrected chi connectivity index (χ3v) is 5.25. The summed E-state index contributed by atoms with van der Waals surface area (Å²) in [5.41, 5.74) is 6.47. The predicted octanol–water partition coefficient (Wildman–Crippen LogP) is 2.79. The molecule has 2 N–H and O–H groups in total. The predicted molar refractivity (Wildman–Crippen MR) is 80.3 cm³/mol. The summed E-state index contributed by atoms with van der Waals surface area (Å²) < 4.78 is 5.98. The number of piperidine rings is 1. The van der Waals surface area contributed by atoms with Crippen LogP contribution in [0.1, 0.15) is 58.8 Å². The monoisotopic (exact) mass is 268 g/mol. The Balaban J connectivity index is 1.94. The third-order valence-electron chi connectivity index (χ3n) is 5.25. The molecular formula is C16H32N2O. The highest BCUT2D eigenvalue weighted by molar-refractivity contribution is 5.00. The average Bonchev–Trinajstić information content (AvgIpc) is 2.90. The molecule has 112 valence electrons. The van der Waals surface area contributed by atoms with E-state index in [9.17, 15) is 0 Å². The first-order chi connectivity index (χ1) is 9.24. The van der Waals surface area contributed by atoms with Crippen LogP contribution >= 0.6 is 0 Å². The molecule has 1 aliphatic carbocycles. The van der Waals surface area contributed by atoms with Gasteiger partial charge in [0.2, 0.25) is 0 Å². The minimum atomic E-state index is 0.287. The number of nitrogens with zero attached hydrogens (tertiary/aromatic N) is 1. The second kappa shape index (κ2) is 7.05. The Hall–Kier alpha value is -0.120. The van der Waals surface area contributed by atoms with Gasteiger partial charge < -0.3 is 10.5 Å². The van der Waals surface area contributed by atoms with Gasteiger partial charge in [-0.15, -0.1) is 0 Å². The van der Waals surface area contributed by atoms with Crippen LogP contribution in [0.5, 0.6) is 0 Å². The first-order valence-corrected chi connectivity index (χ1v) is 8.30. The number of hydrogen-bond acceptors (Lipinski definition) is 3. The van der Waals surface area contributed by atoms with Gasteiger partial charge in [-0.1, -0.05) is 20.3 Å². The lowest BCUT2D eigenvalue weighted by molar-refractivity contribution is -0.0359. The van der Waals surface area contributed by atoms with Gasteiger partial charge in [-0.3, -0.25) is 4.90 Å². The molecule has 0 bridgehead atoms. The van der Waals surface area contributed by atoms with Crippen LogP contribution in [0.4, 0.5) is 0 Å². The number of ether oxygens (including phenoxy) is 1. The molecule has 19 heavy (non-hydrogen) atoms. The second-order valence-corrected chi connectivity index (χ2v) is 6.53. The van der Waals surface area contributed by atoms with E-state index in [1.165, 1.54) is 45.1 Å². The molecule has 1 saturated heterocycles. The number of nitrogens with two attached hydrogens (primary N) is 1. The Morgan fingerprint density at radius 3 is 2.79 bits per heavy atom. The molecule has 1 aliphatic heterocycles. The van der Waals surface area contributed by atoms with E-state index in [-0.39, 0.29) is 5.54 Å². The second-order valence-electron chi connectivity index (χ2n) is 6.53. The molecule has 0 spiro atoms. The fourth-order valence-electron chi connectivity index (χ4n) is 3.95. The Kier molecular flexibility index (Phi) is 5.67. The first kappa shape index (κ1) is 15.3. The molecule has 3 nitrogen and oxygen atoms in total. The SMILES string of the molecule is CCCOC1CCCN(C2(CN)CCC(CC)C2)C1. The van der Waals surface area contributed by atoms with Crippen LogP contribution in [0.25, 0.3) is 0 Å². The summed E-state index contributed by atoms with van der Waals surface area (Å²) in [5.74, 6) is 0.889. The van der Waals surface area contributed by atoms with Crippen LogP contribution in [-0.2, 0) is 4.74 Å². The van der Waals surface area contributed by atoms with Crippen molar-refractivity contribution in [1.82, 2.24) is 4.90 Å². The first-order valence-electron chi connectivity index (χ1n) is 8.30. The van der Waals surface area contributed by atoms with Crippen molar-refractivity contribution >= 4 is 0 Å². The summed E-state index contributed by atoms with van der Waals surface area (Å²) in [6, 6.07) is 0. The maximum atomic E-state index is 6.18. The summed E-state index contributed by atoms with van der Waals surface area (Å²) in [5, 5.41) is 0. The summed E-state index contributed by atoms with van der Waals surface area (Å²) in [6.45, 7) is 8.56. The van der Waals surface area contributed by atoms with Gasteiger partial charge >= 0.3 is 0 Å². The highest BCUT2D eigenvalue weighted by Gasteiger charge is 2.43. The molecule has 3 heteroatoms. The lowest BCUT2D eigenvalue weighted by Gasteiger charge is -2.45. The molecule has 3 unspecified atom stereocenters.